The van der Waals surface area contributed by atoms with Gasteiger partial charge in [-0.1, -0.05) is 17.7 Å². The maximum absolute atomic E-state index is 6.05. The van der Waals surface area contributed by atoms with Crippen LogP contribution >= 0.6 is 0 Å². The molecule has 0 spiro atoms. The van der Waals surface area contributed by atoms with Crippen molar-refractivity contribution in [3.63, 3.8) is 0 Å². The van der Waals surface area contributed by atoms with Crippen LogP contribution in [0.5, 0.6) is 0 Å². The van der Waals surface area contributed by atoms with Crippen LogP contribution in [0.2, 0.25) is 0 Å². The molecule has 0 fully saturated rings. The summed E-state index contributed by atoms with van der Waals surface area (Å²) in [5.74, 6) is 0. The Balaban J connectivity index is 2.00. The van der Waals surface area contributed by atoms with E-state index in [0.29, 0.717) is 0 Å². The predicted octanol–water partition coefficient (Wildman–Crippen LogP) is 3.27. The molecule has 100 valence electrons. The number of aryl methyl sites for hydroxylation is 2. The lowest BCUT2D eigenvalue weighted by Crippen LogP contribution is -2.35. The van der Waals surface area contributed by atoms with E-state index >= 15 is 0 Å². The zero-order chi connectivity index (χ0) is 13.2. The fraction of sp³-hybridized carbons (Fsp3) is 0.625. The van der Waals surface area contributed by atoms with E-state index in [1.54, 1.807) is 0 Å². The molecule has 0 saturated heterocycles. The molecule has 0 atom stereocenters. The average Bonchev–Trinajstić information content (AvgIpc) is 2.27. The summed E-state index contributed by atoms with van der Waals surface area (Å²) in [6, 6.07) is 6.86. The lowest BCUT2D eigenvalue weighted by atomic mass is 9.97. The van der Waals surface area contributed by atoms with Gasteiger partial charge in [0.2, 0.25) is 0 Å². The normalized spacial score (nSPS) is 15.7. The number of hydrogen-bond acceptors (Lipinski definition) is 2. The van der Waals surface area contributed by atoms with Crippen molar-refractivity contribution in [2.45, 2.75) is 52.0 Å². The van der Waals surface area contributed by atoms with Crippen molar-refractivity contribution in [3.05, 3.63) is 29.3 Å². The van der Waals surface area contributed by atoms with Crippen LogP contribution in [0.1, 0.15) is 44.2 Å². The Kier molecular flexibility index (Phi) is 3.96. The second-order valence-corrected chi connectivity index (χ2v) is 6.31. The summed E-state index contributed by atoms with van der Waals surface area (Å²) in [5, 5.41) is 0. The van der Waals surface area contributed by atoms with Crippen molar-refractivity contribution < 1.29 is 0 Å². The Morgan fingerprint density at radius 3 is 2.83 bits per heavy atom. The summed E-state index contributed by atoms with van der Waals surface area (Å²) < 4.78 is 0. The molecule has 0 radical (unpaired) electrons. The zero-order valence-electron chi connectivity index (χ0n) is 12.0. The molecular weight excluding hydrogens is 220 g/mol. The van der Waals surface area contributed by atoms with E-state index in [0.717, 1.165) is 13.0 Å². The van der Waals surface area contributed by atoms with Crippen molar-refractivity contribution in [1.82, 2.24) is 0 Å². The van der Waals surface area contributed by atoms with Crippen molar-refractivity contribution in [1.29, 1.82) is 0 Å². The Morgan fingerprint density at radius 2 is 2.11 bits per heavy atom. The number of rotatable bonds is 4. The lowest BCUT2D eigenvalue weighted by Gasteiger charge is -2.32. The standard InChI is InChI=1S/C16H26N2/c1-13-7-8-15-14(12-13)6-4-10-18(15)11-5-9-16(2,3)17/h7-8,12H,4-6,9-11,17H2,1-3H3. The minimum atomic E-state index is -0.0358. The Bertz CT molecular complexity index is 404. The lowest BCUT2D eigenvalue weighted by molar-refractivity contribution is 0.456. The number of anilines is 1. The molecule has 0 aromatic heterocycles. The molecule has 18 heavy (non-hydrogen) atoms. The van der Waals surface area contributed by atoms with E-state index in [1.165, 1.54) is 42.6 Å². The second kappa shape index (κ2) is 5.31. The molecule has 0 unspecified atom stereocenters. The predicted molar refractivity (Wildman–Crippen MR) is 79.2 cm³/mol. The van der Waals surface area contributed by atoms with Crippen LogP contribution < -0.4 is 10.6 Å². The van der Waals surface area contributed by atoms with Gasteiger partial charge in [0.15, 0.2) is 0 Å². The van der Waals surface area contributed by atoms with Crippen LogP contribution in [0, 0.1) is 6.92 Å². The minimum Gasteiger partial charge on any atom is -0.371 e. The maximum atomic E-state index is 6.05. The van der Waals surface area contributed by atoms with Gasteiger partial charge in [0.1, 0.15) is 0 Å². The molecular formula is C16H26N2. The summed E-state index contributed by atoms with van der Waals surface area (Å²) in [6.07, 6.45) is 4.78. The summed E-state index contributed by atoms with van der Waals surface area (Å²) >= 11 is 0. The highest BCUT2D eigenvalue weighted by atomic mass is 15.1. The number of nitrogens with two attached hydrogens (primary N) is 1. The van der Waals surface area contributed by atoms with E-state index in [2.05, 4.69) is 43.9 Å². The Hall–Kier alpha value is -1.02. The van der Waals surface area contributed by atoms with Gasteiger partial charge in [-0.15, -0.1) is 0 Å². The first-order valence-electron chi connectivity index (χ1n) is 7.09. The van der Waals surface area contributed by atoms with E-state index in [9.17, 15) is 0 Å². The molecule has 2 nitrogen and oxygen atoms in total. The maximum Gasteiger partial charge on any atom is 0.0398 e. The van der Waals surface area contributed by atoms with Crippen LogP contribution in [0.3, 0.4) is 0 Å². The molecule has 1 aliphatic rings. The SMILES string of the molecule is Cc1ccc2c(c1)CCCN2CCCC(C)(C)N. The molecule has 0 aliphatic carbocycles. The summed E-state index contributed by atoms with van der Waals surface area (Å²) in [6.45, 7) is 8.73. The van der Waals surface area contributed by atoms with E-state index in [4.69, 9.17) is 5.73 Å². The van der Waals surface area contributed by atoms with Crippen LogP contribution in [0.15, 0.2) is 18.2 Å². The first kappa shape index (κ1) is 13.4. The third-order valence-corrected chi connectivity index (χ3v) is 3.70. The third-order valence-electron chi connectivity index (χ3n) is 3.70. The number of fused-ring (bicyclic) bond motifs is 1. The minimum absolute atomic E-state index is 0.0358. The van der Waals surface area contributed by atoms with Crippen molar-refractivity contribution in [3.8, 4) is 0 Å². The summed E-state index contributed by atoms with van der Waals surface area (Å²) in [4.78, 5) is 2.53. The molecule has 1 heterocycles. The van der Waals surface area contributed by atoms with E-state index < -0.39 is 0 Å². The molecule has 0 bridgehead atoms. The first-order valence-corrected chi connectivity index (χ1v) is 7.09. The van der Waals surface area contributed by atoms with Gasteiger partial charge in [0.05, 0.1) is 0 Å². The zero-order valence-corrected chi connectivity index (χ0v) is 12.0. The van der Waals surface area contributed by atoms with Gasteiger partial charge < -0.3 is 10.6 Å². The van der Waals surface area contributed by atoms with Gasteiger partial charge in [-0.25, -0.2) is 0 Å². The average molecular weight is 246 g/mol. The molecule has 1 aromatic carbocycles. The third kappa shape index (κ3) is 3.49. The van der Waals surface area contributed by atoms with Crippen molar-refractivity contribution in [2.75, 3.05) is 18.0 Å². The van der Waals surface area contributed by atoms with Crippen LogP contribution in [0.25, 0.3) is 0 Å². The molecule has 2 heteroatoms. The highest BCUT2D eigenvalue weighted by Gasteiger charge is 2.17. The topological polar surface area (TPSA) is 29.3 Å². The van der Waals surface area contributed by atoms with Gasteiger partial charge >= 0.3 is 0 Å². The van der Waals surface area contributed by atoms with Crippen molar-refractivity contribution in [2.24, 2.45) is 5.73 Å². The van der Waals surface area contributed by atoms with Crippen LogP contribution in [-0.4, -0.2) is 18.6 Å². The molecule has 0 saturated carbocycles. The fourth-order valence-electron chi connectivity index (χ4n) is 2.76. The quantitative estimate of drug-likeness (QED) is 0.883. The second-order valence-electron chi connectivity index (χ2n) is 6.31. The highest BCUT2D eigenvalue weighted by Crippen LogP contribution is 2.28. The molecule has 2 N–H and O–H groups in total. The van der Waals surface area contributed by atoms with Crippen molar-refractivity contribution >= 4 is 5.69 Å². The highest BCUT2D eigenvalue weighted by molar-refractivity contribution is 5.56. The Morgan fingerprint density at radius 1 is 1.33 bits per heavy atom. The van der Waals surface area contributed by atoms with E-state index in [1.807, 2.05) is 0 Å². The van der Waals surface area contributed by atoms with Gasteiger partial charge in [-0.2, -0.15) is 0 Å². The molecule has 1 aromatic rings. The Labute approximate surface area is 111 Å². The van der Waals surface area contributed by atoms with Gasteiger partial charge in [0.25, 0.3) is 0 Å². The van der Waals surface area contributed by atoms with Crippen LogP contribution in [-0.2, 0) is 6.42 Å². The molecule has 1 aliphatic heterocycles. The monoisotopic (exact) mass is 246 g/mol. The van der Waals surface area contributed by atoms with Gasteiger partial charge in [-0.3, -0.25) is 0 Å². The number of benzene rings is 1. The van der Waals surface area contributed by atoms with Crippen LogP contribution in [0.4, 0.5) is 5.69 Å². The summed E-state index contributed by atoms with van der Waals surface area (Å²) in [5.41, 5.74) is 10.4. The smallest absolute Gasteiger partial charge is 0.0398 e. The van der Waals surface area contributed by atoms with Gasteiger partial charge in [0, 0.05) is 24.3 Å². The van der Waals surface area contributed by atoms with Gasteiger partial charge in [-0.05, 0) is 58.1 Å². The number of nitrogens with zero attached hydrogens (tertiary/aromatic N) is 1. The fourth-order valence-corrected chi connectivity index (χ4v) is 2.76. The molecule has 0 amide bonds. The molecule has 2 rings (SSSR count). The largest absolute Gasteiger partial charge is 0.371 e. The first-order chi connectivity index (χ1) is 8.46. The number of hydrogen-bond donors (Lipinski definition) is 1. The summed E-state index contributed by atoms with van der Waals surface area (Å²) in [7, 11) is 0. The van der Waals surface area contributed by atoms with E-state index in [-0.39, 0.29) is 5.54 Å².